The Kier molecular flexibility index (Phi) is 5.64. The number of sulfonamides is 1. The van der Waals surface area contributed by atoms with Gasteiger partial charge in [-0.15, -0.1) is 22.7 Å². The number of hydrogen-bond acceptors (Lipinski definition) is 6. The third kappa shape index (κ3) is 4.94. The van der Waals surface area contributed by atoms with Crippen LogP contribution in [0.3, 0.4) is 0 Å². The van der Waals surface area contributed by atoms with E-state index in [1.807, 2.05) is 18.4 Å². The average Bonchev–Trinajstić information content (AvgIpc) is 3.20. The molecule has 0 aliphatic rings. The predicted molar refractivity (Wildman–Crippen MR) is 112 cm³/mol. The number of thiazole rings is 1. The molecule has 0 unspecified atom stereocenters. The van der Waals surface area contributed by atoms with Crippen molar-refractivity contribution in [3.8, 4) is 11.3 Å². The number of aryl methyl sites for hydroxylation is 2. The third-order valence-electron chi connectivity index (χ3n) is 3.77. The first-order valence-corrected chi connectivity index (χ1v) is 11.8. The Balaban J connectivity index is 1.71. The van der Waals surface area contributed by atoms with E-state index in [1.165, 1.54) is 27.6 Å². The first kappa shape index (κ1) is 19.5. The average molecular weight is 422 g/mol. The molecular weight excluding hydrogens is 402 g/mol. The minimum Gasteiger partial charge on any atom is -0.297 e. The van der Waals surface area contributed by atoms with Gasteiger partial charge in [0.15, 0.2) is 5.13 Å². The third-order valence-corrected chi connectivity index (χ3v) is 6.52. The molecule has 0 atom stereocenters. The Hall–Kier alpha value is -2.23. The molecule has 3 aromatic rings. The van der Waals surface area contributed by atoms with Crippen LogP contribution < -0.4 is 10.0 Å². The molecule has 0 spiro atoms. The molecule has 9 heteroatoms. The van der Waals surface area contributed by atoms with E-state index in [1.54, 1.807) is 24.3 Å². The van der Waals surface area contributed by atoms with Gasteiger partial charge in [-0.3, -0.25) is 14.8 Å². The number of thiophene rings is 1. The van der Waals surface area contributed by atoms with Crippen LogP contribution in [0.25, 0.3) is 11.3 Å². The molecule has 3 rings (SSSR count). The van der Waals surface area contributed by atoms with Gasteiger partial charge in [0.2, 0.25) is 10.0 Å². The number of hydrogen-bond donors (Lipinski definition) is 2. The van der Waals surface area contributed by atoms with E-state index >= 15 is 0 Å². The summed E-state index contributed by atoms with van der Waals surface area (Å²) in [4.78, 5) is 18.8. The quantitative estimate of drug-likeness (QED) is 0.619. The Labute approximate surface area is 166 Å². The van der Waals surface area contributed by atoms with Gasteiger partial charge in [-0.05, 0) is 37.1 Å². The maximum atomic E-state index is 12.4. The van der Waals surface area contributed by atoms with E-state index in [9.17, 15) is 13.2 Å². The molecule has 142 valence electrons. The minimum atomic E-state index is -3.30. The van der Waals surface area contributed by atoms with Gasteiger partial charge in [0.1, 0.15) is 0 Å². The van der Waals surface area contributed by atoms with Crippen LogP contribution in [0.4, 0.5) is 10.8 Å². The molecule has 1 amide bonds. The number of benzene rings is 1. The van der Waals surface area contributed by atoms with Crippen molar-refractivity contribution in [1.29, 1.82) is 0 Å². The molecule has 2 N–H and O–H groups in total. The fourth-order valence-electron chi connectivity index (χ4n) is 2.53. The van der Waals surface area contributed by atoms with Gasteiger partial charge < -0.3 is 0 Å². The molecule has 0 saturated heterocycles. The Bertz CT molecular complexity index is 1070. The van der Waals surface area contributed by atoms with Crippen molar-refractivity contribution in [2.24, 2.45) is 0 Å². The van der Waals surface area contributed by atoms with Gasteiger partial charge in [0.05, 0.1) is 16.8 Å². The van der Waals surface area contributed by atoms with Gasteiger partial charge in [0, 0.05) is 21.5 Å². The molecule has 1 aromatic carbocycles. The van der Waals surface area contributed by atoms with Gasteiger partial charge in [-0.25, -0.2) is 13.4 Å². The summed E-state index contributed by atoms with van der Waals surface area (Å²) in [6, 6.07) is 8.82. The zero-order valence-electron chi connectivity index (χ0n) is 15.1. The molecule has 2 aromatic heterocycles. The first-order valence-electron chi connectivity index (χ1n) is 8.19. The van der Waals surface area contributed by atoms with Crippen molar-refractivity contribution >= 4 is 49.4 Å². The Morgan fingerprint density at radius 3 is 2.52 bits per heavy atom. The van der Waals surface area contributed by atoms with E-state index < -0.39 is 10.0 Å². The lowest BCUT2D eigenvalue weighted by atomic mass is 10.1. The highest BCUT2D eigenvalue weighted by Crippen LogP contribution is 2.28. The van der Waals surface area contributed by atoms with Crippen molar-refractivity contribution in [3.05, 3.63) is 51.0 Å². The molecule has 6 nitrogen and oxygen atoms in total. The van der Waals surface area contributed by atoms with Crippen LogP contribution in [0.15, 0.2) is 35.7 Å². The molecule has 0 aliphatic carbocycles. The largest absolute Gasteiger partial charge is 0.297 e. The predicted octanol–water partition coefficient (Wildman–Crippen LogP) is 4.37. The molecule has 0 fully saturated rings. The second-order valence-electron chi connectivity index (χ2n) is 6.01. The molecule has 2 heterocycles. The number of nitrogens with zero attached hydrogens (tertiary/aromatic N) is 1. The summed E-state index contributed by atoms with van der Waals surface area (Å²) in [6.07, 6.45) is 2.02. The van der Waals surface area contributed by atoms with E-state index in [-0.39, 0.29) is 5.91 Å². The van der Waals surface area contributed by atoms with Gasteiger partial charge in [-0.2, -0.15) is 0 Å². The van der Waals surface area contributed by atoms with Crippen LogP contribution in [0, 0.1) is 6.92 Å². The van der Waals surface area contributed by atoms with Crippen molar-refractivity contribution in [2.45, 2.75) is 20.3 Å². The SMILES string of the molecule is CCc1sc(C(=O)Nc2nc(-c3ccc(NS(C)(=O)=O)cc3)cs2)cc1C. The van der Waals surface area contributed by atoms with E-state index in [0.29, 0.717) is 15.7 Å². The standard InChI is InChI=1S/C18H19N3O3S3/c1-4-15-11(2)9-16(26-15)17(22)20-18-19-14(10-25-18)12-5-7-13(8-6-12)21-27(3,23)24/h5-10,21H,4H2,1-3H3,(H,19,20,22). The highest BCUT2D eigenvalue weighted by molar-refractivity contribution is 7.92. The molecule has 0 radical (unpaired) electrons. The Morgan fingerprint density at radius 2 is 1.93 bits per heavy atom. The number of rotatable bonds is 6. The van der Waals surface area contributed by atoms with Crippen LogP contribution in [0.1, 0.15) is 27.0 Å². The summed E-state index contributed by atoms with van der Waals surface area (Å²) in [5.41, 5.74) is 3.18. The lowest BCUT2D eigenvalue weighted by Gasteiger charge is -2.04. The molecular formula is C18H19N3O3S3. The number of aromatic nitrogens is 1. The van der Waals surface area contributed by atoms with Gasteiger partial charge in [-0.1, -0.05) is 19.1 Å². The lowest BCUT2D eigenvalue weighted by Crippen LogP contribution is -2.09. The van der Waals surface area contributed by atoms with Gasteiger partial charge >= 0.3 is 0 Å². The summed E-state index contributed by atoms with van der Waals surface area (Å²) < 4.78 is 24.9. The molecule has 0 bridgehead atoms. The van der Waals surface area contributed by atoms with Gasteiger partial charge in [0.25, 0.3) is 5.91 Å². The van der Waals surface area contributed by atoms with Crippen LogP contribution in [-0.2, 0) is 16.4 Å². The maximum absolute atomic E-state index is 12.4. The van der Waals surface area contributed by atoms with Crippen molar-refractivity contribution < 1.29 is 13.2 Å². The first-order chi connectivity index (χ1) is 12.7. The van der Waals surface area contributed by atoms with Crippen LogP contribution >= 0.6 is 22.7 Å². The van der Waals surface area contributed by atoms with Crippen molar-refractivity contribution in [3.63, 3.8) is 0 Å². The van der Waals surface area contributed by atoms with Crippen LogP contribution in [0.5, 0.6) is 0 Å². The summed E-state index contributed by atoms with van der Waals surface area (Å²) in [6.45, 7) is 4.08. The lowest BCUT2D eigenvalue weighted by molar-refractivity contribution is 0.103. The number of nitrogens with one attached hydrogen (secondary N) is 2. The zero-order chi connectivity index (χ0) is 19.6. The van der Waals surface area contributed by atoms with Crippen LogP contribution in [0.2, 0.25) is 0 Å². The molecule has 0 aliphatic heterocycles. The summed E-state index contributed by atoms with van der Waals surface area (Å²) in [7, 11) is -3.30. The number of carbonyl (C=O) groups excluding carboxylic acids is 1. The summed E-state index contributed by atoms with van der Waals surface area (Å²) in [5.74, 6) is -0.156. The number of amides is 1. The smallest absolute Gasteiger partial charge is 0.267 e. The number of anilines is 2. The molecule has 0 saturated carbocycles. The topological polar surface area (TPSA) is 88.2 Å². The summed E-state index contributed by atoms with van der Waals surface area (Å²) in [5, 5.41) is 5.22. The minimum absolute atomic E-state index is 0.156. The van der Waals surface area contributed by atoms with Crippen molar-refractivity contribution in [2.75, 3.05) is 16.3 Å². The van der Waals surface area contributed by atoms with Crippen molar-refractivity contribution in [1.82, 2.24) is 4.98 Å². The highest BCUT2D eigenvalue weighted by Gasteiger charge is 2.14. The van der Waals surface area contributed by atoms with Crippen LogP contribution in [-0.4, -0.2) is 25.6 Å². The van der Waals surface area contributed by atoms with E-state index in [2.05, 4.69) is 21.9 Å². The number of carbonyl (C=O) groups is 1. The maximum Gasteiger partial charge on any atom is 0.267 e. The molecule has 27 heavy (non-hydrogen) atoms. The normalized spacial score (nSPS) is 11.4. The second kappa shape index (κ2) is 7.79. The second-order valence-corrected chi connectivity index (χ2v) is 9.76. The fraction of sp³-hybridized carbons (Fsp3) is 0.222. The highest BCUT2D eigenvalue weighted by atomic mass is 32.2. The monoisotopic (exact) mass is 421 g/mol. The zero-order valence-corrected chi connectivity index (χ0v) is 17.5. The fourth-order valence-corrected chi connectivity index (χ4v) is 4.82. The van der Waals surface area contributed by atoms with E-state index in [4.69, 9.17) is 0 Å². The summed E-state index contributed by atoms with van der Waals surface area (Å²) >= 11 is 2.85. The Morgan fingerprint density at radius 1 is 1.22 bits per heavy atom. The van der Waals surface area contributed by atoms with E-state index in [0.717, 1.165) is 29.5 Å².